The molecule has 2 nitrogen and oxygen atoms in total. The van der Waals surface area contributed by atoms with Crippen LogP contribution in [0.2, 0.25) is 5.02 Å². The predicted octanol–water partition coefficient (Wildman–Crippen LogP) is 2.71. The molecule has 1 aromatic rings. The quantitative estimate of drug-likeness (QED) is 0.818. The first-order valence-corrected chi connectivity index (χ1v) is 4.74. The van der Waals surface area contributed by atoms with Crippen LogP contribution in [0, 0.1) is 6.92 Å². The van der Waals surface area contributed by atoms with E-state index in [1.807, 2.05) is 0 Å². The number of alkyl halides is 1. The van der Waals surface area contributed by atoms with Crippen molar-refractivity contribution in [2.45, 2.75) is 19.4 Å². The number of benzene rings is 1. The van der Waals surface area contributed by atoms with Crippen molar-refractivity contribution in [2.75, 3.05) is 6.67 Å². The first-order chi connectivity index (χ1) is 6.56. The lowest BCUT2D eigenvalue weighted by Gasteiger charge is -2.13. The minimum atomic E-state index is -0.508. The van der Waals surface area contributed by atoms with Crippen molar-refractivity contribution in [2.24, 2.45) is 5.73 Å². The third-order valence-corrected chi connectivity index (χ3v) is 2.33. The zero-order chi connectivity index (χ0) is 10.7. The maximum absolute atomic E-state index is 12.1. The number of aryl methyl sites for hydroxylation is 1. The minimum absolute atomic E-state index is 0.107. The summed E-state index contributed by atoms with van der Waals surface area (Å²) in [7, 11) is 0. The lowest BCUT2D eigenvalue weighted by molar-refractivity contribution is 0.423. The van der Waals surface area contributed by atoms with Crippen LogP contribution in [0.25, 0.3) is 0 Å². The zero-order valence-corrected chi connectivity index (χ0v) is 8.68. The molecule has 0 aromatic heterocycles. The highest BCUT2D eigenvalue weighted by atomic mass is 35.5. The Hall–Kier alpha value is -0.800. The molecule has 4 heteroatoms. The van der Waals surface area contributed by atoms with E-state index in [0.717, 1.165) is 0 Å². The molecule has 0 amide bonds. The number of hydrogen-bond acceptors (Lipinski definition) is 2. The van der Waals surface area contributed by atoms with Gasteiger partial charge in [0.2, 0.25) is 0 Å². The third-order valence-electron chi connectivity index (χ3n) is 2.11. The maximum atomic E-state index is 12.1. The topological polar surface area (TPSA) is 46.2 Å². The van der Waals surface area contributed by atoms with Gasteiger partial charge in [0, 0.05) is 16.6 Å². The van der Waals surface area contributed by atoms with E-state index in [1.165, 1.54) is 0 Å². The summed E-state index contributed by atoms with van der Waals surface area (Å²) in [5.74, 6) is 0.107. The van der Waals surface area contributed by atoms with Gasteiger partial charge in [0.25, 0.3) is 0 Å². The van der Waals surface area contributed by atoms with Gasteiger partial charge in [0.05, 0.1) is 6.67 Å². The van der Waals surface area contributed by atoms with Crippen molar-refractivity contribution in [1.29, 1.82) is 0 Å². The Morgan fingerprint density at radius 2 is 2.21 bits per heavy atom. The van der Waals surface area contributed by atoms with Gasteiger partial charge in [0.15, 0.2) is 0 Å². The molecule has 0 unspecified atom stereocenters. The summed E-state index contributed by atoms with van der Waals surface area (Å²) in [5, 5.41) is 10.2. The fraction of sp³-hybridized carbons (Fsp3) is 0.400. The van der Waals surface area contributed by atoms with Crippen LogP contribution < -0.4 is 5.73 Å². The number of aromatic hydroxyl groups is 1. The summed E-state index contributed by atoms with van der Waals surface area (Å²) >= 11 is 5.81. The van der Waals surface area contributed by atoms with E-state index in [4.69, 9.17) is 17.3 Å². The number of phenols is 1. The van der Waals surface area contributed by atoms with Crippen LogP contribution in [0.1, 0.15) is 23.6 Å². The van der Waals surface area contributed by atoms with Gasteiger partial charge in [-0.25, -0.2) is 0 Å². The molecule has 0 saturated heterocycles. The van der Waals surface area contributed by atoms with Gasteiger partial charge in [-0.1, -0.05) is 11.6 Å². The van der Waals surface area contributed by atoms with E-state index < -0.39 is 12.7 Å². The molecule has 0 spiro atoms. The van der Waals surface area contributed by atoms with Gasteiger partial charge in [-0.05, 0) is 31.0 Å². The monoisotopic (exact) mass is 217 g/mol. The van der Waals surface area contributed by atoms with Crippen molar-refractivity contribution in [3.63, 3.8) is 0 Å². The smallest absolute Gasteiger partial charge is 0.123 e. The summed E-state index contributed by atoms with van der Waals surface area (Å²) in [6.07, 6.45) is 0.188. The minimum Gasteiger partial charge on any atom is -0.507 e. The second kappa shape index (κ2) is 4.62. The summed E-state index contributed by atoms with van der Waals surface area (Å²) < 4.78 is 12.1. The largest absolute Gasteiger partial charge is 0.507 e. The van der Waals surface area contributed by atoms with Crippen molar-refractivity contribution < 1.29 is 9.50 Å². The molecule has 0 fully saturated rings. The molecule has 14 heavy (non-hydrogen) atoms. The highest BCUT2D eigenvalue weighted by Crippen LogP contribution is 2.31. The molecule has 0 aliphatic rings. The molecule has 0 heterocycles. The number of rotatable bonds is 3. The number of nitrogens with two attached hydrogens (primary N) is 1. The summed E-state index contributed by atoms with van der Waals surface area (Å²) in [4.78, 5) is 0. The molecule has 1 aromatic carbocycles. The Bertz CT molecular complexity index is 330. The highest BCUT2D eigenvalue weighted by Gasteiger charge is 2.13. The first-order valence-electron chi connectivity index (χ1n) is 4.36. The number of phenolic OH excluding ortho intramolecular Hbond substituents is 1. The molecule has 0 saturated carbocycles. The van der Waals surface area contributed by atoms with Crippen LogP contribution in [0.5, 0.6) is 5.75 Å². The van der Waals surface area contributed by atoms with Crippen LogP contribution in [0.3, 0.4) is 0 Å². The summed E-state index contributed by atoms with van der Waals surface area (Å²) in [6, 6.07) is 2.71. The van der Waals surface area contributed by atoms with E-state index in [1.54, 1.807) is 19.1 Å². The SMILES string of the molecule is Cc1cc(Cl)cc([C@H](N)CCF)c1O. The zero-order valence-electron chi connectivity index (χ0n) is 7.93. The number of halogens is 2. The van der Waals surface area contributed by atoms with E-state index in [2.05, 4.69) is 0 Å². The van der Waals surface area contributed by atoms with E-state index in [0.29, 0.717) is 16.1 Å². The Balaban J connectivity index is 3.07. The van der Waals surface area contributed by atoms with Crippen molar-refractivity contribution in [3.8, 4) is 5.75 Å². The van der Waals surface area contributed by atoms with Gasteiger partial charge in [-0.15, -0.1) is 0 Å². The lowest BCUT2D eigenvalue weighted by atomic mass is 10.0. The Kier molecular flexibility index (Phi) is 3.72. The van der Waals surface area contributed by atoms with E-state index >= 15 is 0 Å². The first kappa shape index (κ1) is 11.3. The van der Waals surface area contributed by atoms with E-state index in [-0.39, 0.29) is 12.2 Å². The van der Waals surface area contributed by atoms with Crippen LogP contribution in [0.15, 0.2) is 12.1 Å². The van der Waals surface area contributed by atoms with Gasteiger partial charge in [-0.2, -0.15) is 0 Å². The molecule has 1 atom stereocenters. The van der Waals surface area contributed by atoms with Crippen molar-refractivity contribution in [3.05, 3.63) is 28.3 Å². The normalized spacial score (nSPS) is 12.9. The molecule has 3 N–H and O–H groups in total. The second-order valence-electron chi connectivity index (χ2n) is 3.24. The maximum Gasteiger partial charge on any atom is 0.123 e. The van der Waals surface area contributed by atoms with Crippen molar-refractivity contribution in [1.82, 2.24) is 0 Å². The van der Waals surface area contributed by atoms with Crippen LogP contribution >= 0.6 is 11.6 Å². The van der Waals surface area contributed by atoms with Gasteiger partial charge >= 0.3 is 0 Å². The number of hydrogen-bond donors (Lipinski definition) is 2. The predicted molar refractivity (Wildman–Crippen MR) is 55.4 cm³/mol. The second-order valence-corrected chi connectivity index (χ2v) is 3.68. The average Bonchev–Trinajstić information content (AvgIpc) is 2.11. The van der Waals surface area contributed by atoms with Crippen LogP contribution in [-0.4, -0.2) is 11.8 Å². The highest BCUT2D eigenvalue weighted by molar-refractivity contribution is 6.30. The third kappa shape index (κ3) is 2.36. The van der Waals surface area contributed by atoms with Crippen LogP contribution in [-0.2, 0) is 0 Å². The Morgan fingerprint density at radius 1 is 1.57 bits per heavy atom. The fourth-order valence-electron chi connectivity index (χ4n) is 1.32. The molecular weight excluding hydrogens is 205 g/mol. The summed E-state index contributed by atoms with van der Waals surface area (Å²) in [6.45, 7) is 1.22. The average molecular weight is 218 g/mol. The van der Waals surface area contributed by atoms with Crippen molar-refractivity contribution >= 4 is 11.6 Å². The van der Waals surface area contributed by atoms with Crippen LogP contribution in [0.4, 0.5) is 4.39 Å². The standard InChI is InChI=1S/C10H13ClFNO/c1-6-4-7(11)5-8(10(6)14)9(13)2-3-12/h4-5,9,14H,2-3,13H2,1H3/t9-/m1/s1. The van der Waals surface area contributed by atoms with Gasteiger partial charge < -0.3 is 10.8 Å². The Labute approximate surface area is 87.5 Å². The molecule has 0 bridgehead atoms. The molecule has 1 rings (SSSR count). The molecule has 0 radical (unpaired) electrons. The molecular formula is C10H13ClFNO. The fourth-order valence-corrected chi connectivity index (χ4v) is 1.60. The molecule has 0 aliphatic heterocycles. The summed E-state index contributed by atoms with van der Waals surface area (Å²) in [5.41, 5.74) is 6.85. The Morgan fingerprint density at radius 3 is 2.79 bits per heavy atom. The van der Waals surface area contributed by atoms with E-state index in [9.17, 15) is 9.50 Å². The van der Waals surface area contributed by atoms with Gasteiger partial charge in [0.1, 0.15) is 5.75 Å². The molecule has 0 aliphatic carbocycles. The lowest BCUT2D eigenvalue weighted by Crippen LogP contribution is -2.11. The van der Waals surface area contributed by atoms with Gasteiger partial charge in [-0.3, -0.25) is 4.39 Å². The molecule has 78 valence electrons.